The van der Waals surface area contributed by atoms with Gasteiger partial charge in [0.2, 0.25) is 0 Å². The van der Waals surface area contributed by atoms with Crippen LogP contribution in [-0.4, -0.2) is 44.4 Å². The van der Waals surface area contributed by atoms with E-state index in [-0.39, 0.29) is 17.2 Å². The molecule has 0 atom stereocenters. The van der Waals surface area contributed by atoms with Gasteiger partial charge < -0.3 is 15.3 Å². The second-order valence-corrected chi connectivity index (χ2v) is 9.30. The molecular formula is C20H25N3O5S. The highest BCUT2D eigenvalue weighted by Gasteiger charge is 2.26. The van der Waals surface area contributed by atoms with Gasteiger partial charge in [0.15, 0.2) is 9.84 Å². The van der Waals surface area contributed by atoms with Gasteiger partial charge in [-0.2, -0.15) is 0 Å². The number of sulfone groups is 1. The fourth-order valence-electron chi connectivity index (χ4n) is 3.55. The predicted molar refractivity (Wildman–Crippen MR) is 112 cm³/mol. The Labute approximate surface area is 170 Å². The quantitative estimate of drug-likeness (QED) is 0.524. The van der Waals surface area contributed by atoms with Crippen molar-refractivity contribution in [2.24, 2.45) is 5.92 Å². The van der Waals surface area contributed by atoms with E-state index in [1.807, 2.05) is 24.3 Å². The summed E-state index contributed by atoms with van der Waals surface area (Å²) in [5.41, 5.74) is 1.78. The number of nitrogens with zero attached hydrogens (tertiary/aromatic N) is 2. The Balaban J connectivity index is 1.70. The van der Waals surface area contributed by atoms with Gasteiger partial charge in [-0.25, -0.2) is 8.42 Å². The molecule has 0 bridgehead atoms. The molecule has 29 heavy (non-hydrogen) atoms. The topological polar surface area (TPSA) is 113 Å². The Hall–Kier alpha value is -2.65. The van der Waals surface area contributed by atoms with E-state index in [9.17, 15) is 23.6 Å². The van der Waals surface area contributed by atoms with Crippen LogP contribution in [0.3, 0.4) is 0 Å². The van der Waals surface area contributed by atoms with Crippen LogP contribution in [0.1, 0.15) is 18.4 Å². The van der Waals surface area contributed by atoms with E-state index >= 15 is 0 Å². The molecule has 9 heteroatoms. The molecule has 1 saturated heterocycles. The number of para-hydroxylation sites is 1. The van der Waals surface area contributed by atoms with Crippen molar-refractivity contribution in [1.82, 2.24) is 0 Å². The average Bonchev–Trinajstić information content (AvgIpc) is 2.71. The van der Waals surface area contributed by atoms with E-state index in [1.54, 1.807) is 0 Å². The molecule has 0 aromatic heterocycles. The minimum absolute atomic E-state index is 0.174. The van der Waals surface area contributed by atoms with Crippen molar-refractivity contribution >= 4 is 26.9 Å². The van der Waals surface area contributed by atoms with Crippen LogP contribution in [-0.2, 0) is 16.4 Å². The molecule has 2 aromatic carbocycles. The van der Waals surface area contributed by atoms with Crippen LogP contribution in [0.2, 0.25) is 0 Å². The molecule has 0 spiro atoms. The fourth-order valence-corrected chi connectivity index (χ4v) is 4.41. The summed E-state index contributed by atoms with van der Waals surface area (Å²) in [4.78, 5) is 12.8. The first kappa shape index (κ1) is 21.1. The van der Waals surface area contributed by atoms with Gasteiger partial charge in [0.05, 0.1) is 4.92 Å². The first-order valence-corrected chi connectivity index (χ1v) is 11.3. The van der Waals surface area contributed by atoms with Crippen molar-refractivity contribution < 1.29 is 18.4 Å². The summed E-state index contributed by atoms with van der Waals surface area (Å²) in [6, 6.07) is 12.2. The van der Waals surface area contributed by atoms with E-state index in [4.69, 9.17) is 0 Å². The zero-order valence-corrected chi connectivity index (χ0v) is 17.1. The summed E-state index contributed by atoms with van der Waals surface area (Å²) < 4.78 is 23.7. The number of benzene rings is 2. The zero-order chi connectivity index (χ0) is 21.0. The van der Waals surface area contributed by atoms with Gasteiger partial charge in [0.1, 0.15) is 10.6 Å². The number of anilines is 2. The van der Waals surface area contributed by atoms with Crippen molar-refractivity contribution in [2.75, 3.05) is 36.2 Å². The van der Waals surface area contributed by atoms with Crippen LogP contribution >= 0.6 is 0 Å². The highest BCUT2D eigenvalue weighted by molar-refractivity contribution is 7.90. The Bertz CT molecular complexity index is 968. The van der Waals surface area contributed by atoms with E-state index in [0.717, 1.165) is 43.4 Å². The van der Waals surface area contributed by atoms with Crippen molar-refractivity contribution in [3.05, 3.63) is 58.1 Å². The molecule has 1 aliphatic rings. The standard InChI is InChI=1S/C20H25N3O5S/c1-29(27,28)19-4-2-3-18(20(19)23(25)26)21-13-15-5-7-17(8-6-15)22-11-9-16(14-24)10-12-22/h2-8,16,21,24H,9-14H2,1H3. The molecule has 0 saturated carbocycles. The highest BCUT2D eigenvalue weighted by Crippen LogP contribution is 2.32. The molecule has 8 nitrogen and oxygen atoms in total. The van der Waals surface area contributed by atoms with Crippen LogP contribution < -0.4 is 10.2 Å². The molecule has 0 aliphatic carbocycles. The molecular weight excluding hydrogens is 394 g/mol. The van der Waals surface area contributed by atoms with E-state index in [2.05, 4.69) is 10.2 Å². The van der Waals surface area contributed by atoms with Crippen LogP contribution in [0.5, 0.6) is 0 Å². The van der Waals surface area contributed by atoms with Gasteiger partial charge in [-0.3, -0.25) is 10.1 Å². The maximum atomic E-state index is 11.9. The van der Waals surface area contributed by atoms with Gasteiger partial charge >= 0.3 is 5.69 Å². The highest BCUT2D eigenvalue weighted by atomic mass is 32.2. The van der Waals surface area contributed by atoms with Crippen LogP contribution in [0, 0.1) is 16.0 Å². The normalized spacial score (nSPS) is 15.3. The smallest absolute Gasteiger partial charge is 0.310 e. The number of hydrogen-bond donors (Lipinski definition) is 2. The van der Waals surface area contributed by atoms with E-state index in [0.29, 0.717) is 12.5 Å². The SMILES string of the molecule is CS(=O)(=O)c1cccc(NCc2ccc(N3CCC(CO)CC3)cc2)c1[N+](=O)[O-]. The summed E-state index contributed by atoms with van der Waals surface area (Å²) in [5.74, 6) is 0.383. The summed E-state index contributed by atoms with van der Waals surface area (Å²) in [5, 5.41) is 23.7. The second kappa shape index (κ2) is 8.79. The van der Waals surface area contributed by atoms with Crippen LogP contribution in [0.4, 0.5) is 17.1 Å². The Kier molecular flexibility index (Phi) is 6.39. The van der Waals surface area contributed by atoms with Crippen molar-refractivity contribution in [1.29, 1.82) is 0 Å². The average molecular weight is 420 g/mol. The number of nitrogens with one attached hydrogen (secondary N) is 1. The van der Waals surface area contributed by atoms with Crippen molar-refractivity contribution in [2.45, 2.75) is 24.3 Å². The molecule has 1 fully saturated rings. The lowest BCUT2D eigenvalue weighted by Gasteiger charge is -2.33. The number of aliphatic hydroxyl groups is 1. The summed E-state index contributed by atoms with van der Waals surface area (Å²) in [7, 11) is -3.71. The molecule has 3 rings (SSSR count). The Morgan fingerprint density at radius 3 is 2.38 bits per heavy atom. The van der Waals surface area contributed by atoms with E-state index < -0.39 is 20.4 Å². The minimum Gasteiger partial charge on any atom is -0.396 e. The molecule has 0 radical (unpaired) electrons. The lowest BCUT2D eigenvalue weighted by Crippen LogP contribution is -2.34. The second-order valence-electron chi connectivity index (χ2n) is 7.31. The number of nitro groups is 1. The fraction of sp³-hybridized carbons (Fsp3) is 0.400. The van der Waals surface area contributed by atoms with E-state index in [1.165, 1.54) is 18.2 Å². The van der Waals surface area contributed by atoms with Gasteiger partial charge in [-0.1, -0.05) is 18.2 Å². The van der Waals surface area contributed by atoms with Crippen LogP contribution in [0.15, 0.2) is 47.4 Å². The lowest BCUT2D eigenvalue weighted by molar-refractivity contribution is -0.386. The zero-order valence-electron chi connectivity index (χ0n) is 16.2. The molecule has 156 valence electrons. The molecule has 2 aromatic rings. The number of nitro benzene ring substituents is 1. The van der Waals surface area contributed by atoms with Gasteiger partial charge in [-0.15, -0.1) is 0 Å². The van der Waals surface area contributed by atoms with Crippen LogP contribution in [0.25, 0.3) is 0 Å². The van der Waals surface area contributed by atoms with Gasteiger partial charge in [0, 0.05) is 38.2 Å². The first-order chi connectivity index (χ1) is 13.8. The monoisotopic (exact) mass is 419 g/mol. The largest absolute Gasteiger partial charge is 0.396 e. The Morgan fingerprint density at radius 2 is 1.83 bits per heavy atom. The third kappa shape index (κ3) is 5.04. The maximum absolute atomic E-state index is 11.9. The number of piperidine rings is 1. The molecule has 0 amide bonds. The first-order valence-electron chi connectivity index (χ1n) is 9.45. The van der Waals surface area contributed by atoms with Crippen molar-refractivity contribution in [3.63, 3.8) is 0 Å². The summed E-state index contributed by atoms with van der Waals surface area (Å²) in [6.45, 7) is 2.40. The minimum atomic E-state index is -3.71. The van der Waals surface area contributed by atoms with Gasteiger partial charge in [-0.05, 0) is 48.6 Å². The van der Waals surface area contributed by atoms with Gasteiger partial charge in [0.25, 0.3) is 0 Å². The molecule has 1 aliphatic heterocycles. The molecule has 0 unspecified atom stereocenters. The molecule has 2 N–H and O–H groups in total. The summed E-state index contributed by atoms with van der Waals surface area (Å²) in [6.07, 6.45) is 2.90. The predicted octanol–water partition coefficient (Wildman–Crippen LogP) is 2.82. The summed E-state index contributed by atoms with van der Waals surface area (Å²) >= 11 is 0. The Morgan fingerprint density at radius 1 is 1.17 bits per heavy atom. The van der Waals surface area contributed by atoms with Crippen molar-refractivity contribution in [3.8, 4) is 0 Å². The third-order valence-corrected chi connectivity index (χ3v) is 6.37. The number of hydrogen-bond acceptors (Lipinski definition) is 7. The number of rotatable bonds is 7. The third-order valence-electron chi connectivity index (χ3n) is 5.24. The molecule has 1 heterocycles. The maximum Gasteiger partial charge on any atom is 0.310 e. The lowest BCUT2D eigenvalue weighted by atomic mass is 9.97. The number of aliphatic hydroxyl groups excluding tert-OH is 1.